The van der Waals surface area contributed by atoms with Crippen LogP contribution in [0.25, 0.3) is 0 Å². The molecule has 1 atom stereocenters. The Labute approximate surface area is 135 Å². The van der Waals surface area contributed by atoms with Crippen LogP contribution in [0.15, 0.2) is 24.3 Å². The third kappa shape index (κ3) is 6.37. The lowest BCUT2D eigenvalue weighted by atomic mass is 10.2. The Morgan fingerprint density at radius 1 is 1.04 bits per heavy atom. The molecule has 2 N–H and O–H groups in total. The van der Waals surface area contributed by atoms with Gasteiger partial charge in [-0.1, -0.05) is 17.7 Å². The number of nitrogens with one attached hydrogen (secondary N) is 2. The minimum atomic E-state index is -1.24. The Balaban J connectivity index is 2.75. The fourth-order valence-electron chi connectivity index (χ4n) is 1.75. The maximum absolute atomic E-state index is 12.2. The molecule has 1 unspecified atom stereocenters. The fourth-order valence-corrected chi connectivity index (χ4v) is 1.75. The second-order valence-corrected chi connectivity index (χ2v) is 4.72. The van der Waals surface area contributed by atoms with Crippen LogP contribution in [0.4, 0.5) is 5.69 Å². The SMILES string of the molecule is CCOC(=O)CNC(=O)C(Nc1ccc(C)cc1)C(=O)OCC. The summed E-state index contributed by atoms with van der Waals surface area (Å²) in [4.78, 5) is 35.4. The summed E-state index contributed by atoms with van der Waals surface area (Å²) in [6, 6.07) is 5.95. The number of carbonyl (C=O) groups excluding carboxylic acids is 3. The second kappa shape index (κ2) is 9.45. The maximum Gasteiger partial charge on any atom is 0.338 e. The minimum absolute atomic E-state index is 0.149. The number of amides is 1. The summed E-state index contributed by atoms with van der Waals surface area (Å²) in [5, 5.41) is 5.17. The van der Waals surface area contributed by atoms with Crippen molar-refractivity contribution in [3.8, 4) is 0 Å². The number of hydrogen-bond acceptors (Lipinski definition) is 6. The number of aryl methyl sites for hydroxylation is 1. The van der Waals surface area contributed by atoms with Crippen molar-refractivity contribution in [2.75, 3.05) is 25.1 Å². The summed E-state index contributed by atoms with van der Waals surface area (Å²) in [6.45, 7) is 5.31. The monoisotopic (exact) mass is 322 g/mol. The molecule has 0 aromatic heterocycles. The van der Waals surface area contributed by atoms with Crippen LogP contribution in [-0.2, 0) is 23.9 Å². The van der Waals surface area contributed by atoms with E-state index in [0.29, 0.717) is 5.69 Å². The molecule has 0 radical (unpaired) electrons. The summed E-state index contributed by atoms with van der Waals surface area (Å²) in [5.74, 6) is -1.94. The highest BCUT2D eigenvalue weighted by Gasteiger charge is 2.28. The molecule has 0 saturated heterocycles. The van der Waals surface area contributed by atoms with Crippen LogP contribution < -0.4 is 10.6 Å². The first kappa shape index (κ1) is 18.5. The summed E-state index contributed by atoms with van der Waals surface area (Å²) < 4.78 is 9.62. The van der Waals surface area contributed by atoms with E-state index in [1.165, 1.54) is 0 Å². The maximum atomic E-state index is 12.2. The molecular weight excluding hydrogens is 300 g/mol. The molecule has 0 heterocycles. The van der Waals surface area contributed by atoms with Crippen molar-refractivity contribution < 1.29 is 23.9 Å². The Hall–Kier alpha value is -2.57. The Bertz CT molecular complexity index is 542. The zero-order valence-corrected chi connectivity index (χ0v) is 13.5. The normalized spacial score (nSPS) is 11.3. The minimum Gasteiger partial charge on any atom is -0.465 e. The lowest BCUT2D eigenvalue weighted by molar-refractivity contribution is -0.149. The number of benzene rings is 1. The first-order valence-electron chi connectivity index (χ1n) is 7.41. The van der Waals surface area contributed by atoms with Crippen LogP contribution in [0.2, 0.25) is 0 Å². The quantitative estimate of drug-likeness (QED) is 0.548. The van der Waals surface area contributed by atoms with Gasteiger partial charge >= 0.3 is 11.9 Å². The zero-order valence-electron chi connectivity index (χ0n) is 13.5. The molecule has 7 heteroatoms. The van der Waals surface area contributed by atoms with Crippen molar-refractivity contribution in [2.24, 2.45) is 0 Å². The smallest absolute Gasteiger partial charge is 0.338 e. The highest BCUT2D eigenvalue weighted by Crippen LogP contribution is 2.11. The van der Waals surface area contributed by atoms with E-state index in [1.807, 2.05) is 19.1 Å². The molecule has 1 aromatic carbocycles. The first-order chi connectivity index (χ1) is 11.0. The summed E-state index contributed by atoms with van der Waals surface area (Å²) in [5.41, 5.74) is 1.65. The van der Waals surface area contributed by atoms with E-state index in [0.717, 1.165) is 5.56 Å². The number of anilines is 1. The average Bonchev–Trinajstić information content (AvgIpc) is 2.52. The van der Waals surface area contributed by atoms with Crippen molar-refractivity contribution in [2.45, 2.75) is 26.8 Å². The number of rotatable bonds is 8. The molecule has 0 bridgehead atoms. The number of hydrogen-bond donors (Lipinski definition) is 2. The standard InChI is InChI=1S/C16H22N2O5/c1-4-22-13(19)10-17-15(20)14(16(21)23-5-2)18-12-8-6-11(3)7-9-12/h6-9,14,18H,4-5,10H2,1-3H3,(H,17,20). The molecule has 7 nitrogen and oxygen atoms in total. The van der Waals surface area contributed by atoms with E-state index in [1.54, 1.807) is 26.0 Å². The average molecular weight is 322 g/mol. The molecule has 1 rings (SSSR count). The van der Waals surface area contributed by atoms with Crippen LogP contribution in [-0.4, -0.2) is 43.6 Å². The van der Waals surface area contributed by atoms with Gasteiger partial charge < -0.3 is 20.1 Å². The highest BCUT2D eigenvalue weighted by atomic mass is 16.5. The molecule has 0 fully saturated rings. The fraction of sp³-hybridized carbons (Fsp3) is 0.438. The van der Waals surface area contributed by atoms with E-state index >= 15 is 0 Å². The topological polar surface area (TPSA) is 93.7 Å². The molecular formula is C16H22N2O5. The van der Waals surface area contributed by atoms with Gasteiger partial charge in [-0.2, -0.15) is 0 Å². The van der Waals surface area contributed by atoms with E-state index < -0.39 is 23.9 Å². The molecule has 0 spiro atoms. The number of esters is 2. The lowest BCUT2D eigenvalue weighted by Crippen LogP contribution is -2.47. The number of carbonyl (C=O) groups is 3. The van der Waals surface area contributed by atoms with E-state index in [-0.39, 0.29) is 19.8 Å². The van der Waals surface area contributed by atoms with E-state index in [9.17, 15) is 14.4 Å². The van der Waals surface area contributed by atoms with Crippen molar-refractivity contribution >= 4 is 23.5 Å². The van der Waals surface area contributed by atoms with Gasteiger partial charge in [0.1, 0.15) is 6.54 Å². The third-order valence-corrected chi connectivity index (χ3v) is 2.86. The van der Waals surface area contributed by atoms with Crippen LogP contribution in [0.1, 0.15) is 19.4 Å². The molecule has 0 saturated carbocycles. The molecule has 0 aliphatic rings. The molecule has 0 aliphatic carbocycles. The molecule has 1 aromatic rings. The Morgan fingerprint density at radius 3 is 2.22 bits per heavy atom. The van der Waals surface area contributed by atoms with Gasteiger partial charge in [-0.15, -0.1) is 0 Å². The predicted molar refractivity (Wildman–Crippen MR) is 84.9 cm³/mol. The summed E-state index contributed by atoms with van der Waals surface area (Å²) in [6.07, 6.45) is 0. The third-order valence-electron chi connectivity index (χ3n) is 2.86. The van der Waals surface area contributed by atoms with Crippen molar-refractivity contribution in [3.05, 3.63) is 29.8 Å². The van der Waals surface area contributed by atoms with Gasteiger partial charge in [0.2, 0.25) is 6.04 Å². The van der Waals surface area contributed by atoms with Gasteiger partial charge in [0.05, 0.1) is 13.2 Å². The van der Waals surface area contributed by atoms with Crippen LogP contribution in [0.3, 0.4) is 0 Å². The van der Waals surface area contributed by atoms with Gasteiger partial charge in [-0.25, -0.2) is 4.79 Å². The van der Waals surface area contributed by atoms with Crippen molar-refractivity contribution in [3.63, 3.8) is 0 Å². The summed E-state index contributed by atoms with van der Waals surface area (Å²) in [7, 11) is 0. The van der Waals surface area contributed by atoms with Crippen LogP contribution in [0, 0.1) is 6.92 Å². The van der Waals surface area contributed by atoms with Gasteiger partial charge in [0.25, 0.3) is 5.91 Å². The zero-order chi connectivity index (χ0) is 17.2. The summed E-state index contributed by atoms with van der Waals surface area (Å²) >= 11 is 0. The molecule has 0 aliphatic heterocycles. The van der Waals surface area contributed by atoms with Gasteiger partial charge in [0.15, 0.2) is 0 Å². The predicted octanol–water partition coefficient (Wildman–Crippen LogP) is 1.02. The first-order valence-corrected chi connectivity index (χ1v) is 7.41. The van der Waals surface area contributed by atoms with Gasteiger partial charge in [-0.3, -0.25) is 9.59 Å². The van der Waals surface area contributed by atoms with Gasteiger partial charge in [-0.05, 0) is 32.9 Å². The molecule has 126 valence electrons. The second-order valence-electron chi connectivity index (χ2n) is 4.72. The Kier molecular flexibility index (Phi) is 7.59. The van der Waals surface area contributed by atoms with E-state index in [2.05, 4.69) is 10.6 Å². The molecule has 1 amide bonds. The lowest BCUT2D eigenvalue weighted by Gasteiger charge is -2.18. The van der Waals surface area contributed by atoms with Gasteiger partial charge in [0, 0.05) is 5.69 Å². The van der Waals surface area contributed by atoms with E-state index in [4.69, 9.17) is 9.47 Å². The molecule has 23 heavy (non-hydrogen) atoms. The van der Waals surface area contributed by atoms with Crippen LogP contribution >= 0.6 is 0 Å². The Morgan fingerprint density at radius 2 is 1.65 bits per heavy atom. The highest BCUT2D eigenvalue weighted by molar-refractivity contribution is 6.05. The van der Waals surface area contributed by atoms with Crippen molar-refractivity contribution in [1.82, 2.24) is 5.32 Å². The number of ether oxygens (including phenoxy) is 2. The van der Waals surface area contributed by atoms with Crippen molar-refractivity contribution in [1.29, 1.82) is 0 Å². The largest absolute Gasteiger partial charge is 0.465 e. The van der Waals surface area contributed by atoms with Crippen LogP contribution in [0.5, 0.6) is 0 Å².